The highest BCUT2D eigenvalue weighted by Crippen LogP contribution is 2.30. The molecule has 0 spiro atoms. The molecule has 2 atom stereocenters. The van der Waals surface area contributed by atoms with Crippen LogP contribution >= 0.6 is 22.9 Å². The van der Waals surface area contributed by atoms with Crippen molar-refractivity contribution in [3.63, 3.8) is 0 Å². The third-order valence-corrected chi connectivity index (χ3v) is 6.85. The second-order valence-corrected chi connectivity index (χ2v) is 8.86. The standard InChI is InChI=1S/C13H14ClNO2S2/c14-10(9-5-6-19(16,17)8-9)7-13-15-11-3-1-2-4-12(11)18-13/h1-4,9-10H,5-8H2. The van der Waals surface area contributed by atoms with Gasteiger partial charge in [-0.3, -0.25) is 0 Å². The number of benzene rings is 1. The van der Waals surface area contributed by atoms with E-state index in [9.17, 15) is 8.42 Å². The SMILES string of the molecule is O=S1(=O)CCC(C(Cl)Cc2nc3ccccc3s2)C1. The van der Waals surface area contributed by atoms with Gasteiger partial charge >= 0.3 is 0 Å². The molecule has 2 unspecified atom stereocenters. The maximum atomic E-state index is 11.5. The fraction of sp³-hybridized carbons (Fsp3) is 0.462. The van der Waals surface area contributed by atoms with Crippen LogP contribution < -0.4 is 0 Å². The molecule has 2 heterocycles. The van der Waals surface area contributed by atoms with Crippen LogP contribution in [0.25, 0.3) is 10.2 Å². The minimum Gasteiger partial charge on any atom is -0.241 e. The van der Waals surface area contributed by atoms with Gasteiger partial charge in [-0.25, -0.2) is 13.4 Å². The van der Waals surface area contributed by atoms with E-state index in [1.807, 2.05) is 24.3 Å². The van der Waals surface area contributed by atoms with Crippen molar-refractivity contribution in [1.29, 1.82) is 0 Å². The first-order valence-electron chi connectivity index (χ1n) is 6.22. The van der Waals surface area contributed by atoms with Crippen molar-refractivity contribution < 1.29 is 8.42 Å². The van der Waals surface area contributed by atoms with Gasteiger partial charge in [-0.05, 0) is 24.5 Å². The maximum absolute atomic E-state index is 11.5. The van der Waals surface area contributed by atoms with Crippen LogP contribution in [0.2, 0.25) is 0 Å². The maximum Gasteiger partial charge on any atom is 0.150 e. The number of hydrogen-bond acceptors (Lipinski definition) is 4. The zero-order valence-electron chi connectivity index (χ0n) is 10.3. The Morgan fingerprint density at radius 3 is 2.89 bits per heavy atom. The van der Waals surface area contributed by atoms with Crippen LogP contribution in [0.3, 0.4) is 0 Å². The van der Waals surface area contributed by atoms with Gasteiger partial charge in [0.05, 0.1) is 26.7 Å². The average Bonchev–Trinajstić information content (AvgIpc) is 2.91. The smallest absolute Gasteiger partial charge is 0.150 e. The van der Waals surface area contributed by atoms with Crippen LogP contribution in [0.15, 0.2) is 24.3 Å². The molecule has 0 bridgehead atoms. The summed E-state index contributed by atoms with van der Waals surface area (Å²) < 4.78 is 24.1. The van der Waals surface area contributed by atoms with Crippen molar-refractivity contribution in [2.75, 3.05) is 11.5 Å². The number of alkyl halides is 1. The number of nitrogens with zero attached hydrogens (tertiary/aromatic N) is 1. The molecule has 1 aliphatic rings. The molecule has 6 heteroatoms. The topological polar surface area (TPSA) is 47.0 Å². The van der Waals surface area contributed by atoms with Crippen molar-refractivity contribution >= 4 is 43.0 Å². The highest BCUT2D eigenvalue weighted by Gasteiger charge is 2.33. The summed E-state index contributed by atoms with van der Waals surface area (Å²) in [4.78, 5) is 4.55. The average molecular weight is 316 g/mol. The molecule has 1 fully saturated rings. The Hall–Kier alpha value is -0.650. The molecule has 1 aromatic heterocycles. The molecule has 0 amide bonds. The van der Waals surface area contributed by atoms with E-state index in [2.05, 4.69) is 4.98 Å². The number of aromatic nitrogens is 1. The minimum atomic E-state index is -2.86. The Balaban J connectivity index is 1.74. The van der Waals surface area contributed by atoms with Crippen molar-refractivity contribution in [2.45, 2.75) is 18.2 Å². The summed E-state index contributed by atoms with van der Waals surface area (Å²) in [7, 11) is -2.86. The molecule has 19 heavy (non-hydrogen) atoms. The molecule has 0 aliphatic carbocycles. The molecule has 2 aromatic rings. The summed E-state index contributed by atoms with van der Waals surface area (Å²) >= 11 is 8.02. The lowest BCUT2D eigenvalue weighted by atomic mass is 10.0. The highest BCUT2D eigenvalue weighted by atomic mass is 35.5. The monoisotopic (exact) mass is 315 g/mol. The van der Waals surface area contributed by atoms with Gasteiger partial charge in [0.15, 0.2) is 9.84 Å². The summed E-state index contributed by atoms with van der Waals surface area (Å²) in [6, 6.07) is 7.98. The summed E-state index contributed by atoms with van der Waals surface area (Å²) in [6.07, 6.45) is 1.34. The molecular formula is C13H14ClNO2S2. The Labute approximate surface area is 121 Å². The van der Waals surface area contributed by atoms with Crippen LogP contribution in [0.4, 0.5) is 0 Å². The number of rotatable bonds is 3. The Morgan fingerprint density at radius 1 is 1.42 bits per heavy atom. The summed E-state index contributed by atoms with van der Waals surface area (Å²) in [5.74, 6) is 0.575. The number of thiazole rings is 1. The van der Waals surface area contributed by atoms with Gasteiger partial charge in [-0.15, -0.1) is 22.9 Å². The molecule has 3 rings (SSSR count). The van der Waals surface area contributed by atoms with E-state index in [0.717, 1.165) is 15.2 Å². The number of sulfone groups is 1. The van der Waals surface area contributed by atoms with Crippen LogP contribution in [0.5, 0.6) is 0 Å². The molecular weight excluding hydrogens is 302 g/mol. The van der Waals surface area contributed by atoms with Gasteiger partial charge in [-0.2, -0.15) is 0 Å². The first-order chi connectivity index (χ1) is 9.03. The lowest BCUT2D eigenvalue weighted by molar-refractivity contribution is 0.550. The third-order valence-electron chi connectivity index (χ3n) is 3.49. The first-order valence-corrected chi connectivity index (χ1v) is 9.30. The predicted octanol–water partition coefficient (Wildman–Crippen LogP) is 2.88. The largest absolute Gasteiger partial charge is 0.241 e. The molecule has 0 N–H and O–H groups in total. The van der Waals surface area contributed by atoms with Crippen LogP contribution in [0, 0.1) is 5.92 Å². The summed E-state index contributed by atoms with van der Waals surface area (Å²) in [6.45, 7) is 0. The van der Waals surface area contributed by atoms with Gasteiger partial charge in [0.2, 0.25) is 0 Å². The molecule has 0 radical (unpaired) electrons. The van der Waals surface area contributed by atoms with E-state index in [0.29, 0.717) is 12.8 Å². The summed E-state index contributed by atoms with van der Waals surface area (Å²) in [5, 5.41) is 0.850. The van der Waals surface area contributed by atoms with Gasteiger partial charge in [0.25, 0.3) is 0 Å². The van der Waals surface area contributed by atoms with Crippen molar-refractivity contribution in [2.24, 2.45) is 5.92 Å². The molecule has 3 nitrogen and oxygen atoms in total. The Bertz CT molecular complexity index is 662. The molecule has 1 aromatic carbocycles. The van der Waals surface area contributed by atoms with Gasteiger partial charge in [-0.1, -0.05) is 12.1 Å². The van der Waals surface area contributed by atoms with Crippen molar-refractivity contribution in [3.05, 3.63) is 29.3 Å². The second kappa shape index (κ2) is 5.04. The van der Waals surface area contributed by atoms with Gasteiger partial charge < -0.3 is 0 Å². The molecule has 1 aliphatic heterocycles. The number of hydrogen-bond donors (Lipinski definition) is 0. The molecule has 102 valence electrons. The van der Waals surface area contributed by atoms with Crippen LogP contribution in [0.1, 0.15) is 11.4 Å². The van der Waals surface area contributed by atoms with Crippen LogP contribution in [-0.2, 0) is 16.3 Å². The van der Waals surface area contributed by atoms with E-state index in [4.69, 9.17) is 11.6 Å². The second-order valence-electron chi connectivity index (χ2n) is 4.96. The van der Waals surface area contributed by atoms with Gasteiger partial charge in [0, 0.05) is 11.8 Å². The zero-order valence-corrected chi connectivity index (χ0v) is 12.6. The van der Waals surface area contributed by atoms with E-state index >= 15 is 0 Å². The number of fused-ring (bicyclic) bond motifs is 1. The third kappa shape index (κ3) is 2.93. The quantitative estimate of drug-likeness (QED) is 0.818. The van der Waals surface area contributed by atoms with Gasteiger partial charge in [0.1, 0.15) is 0 Å². The zero-order chi connectivity index (χ0) is 13.5. The molecule has 0 saturated carbocycles. The molecule has 1 saturated heterocycles. The van der Waals surface area contributed by atoms with E-state index in [1.165, 1.54) is 0 Å². The first kappa shape index (κ1) is 13.3. The number of para-hydroxylation sites is 1. The summed E-state index contributed by atoms with van der Waals surface area (Å²) in [5.41, 5.74) is 0.991. The normalized spacial score (nSPS) is 23.7. The Kier molecular flexibility index (Phi) is 3.53. The lowest BCUT2D eigenvalue weighted by Crippen LogP contribution is -2.18. The number of halogens is 1. The predicted molar refractivity (Wildman–Crippen MR) is 79.7 cm³/mol. The highest BCUT2D eigenvalue weighted by molar-refractivity contribution is 7.91. The minimum absolute atomic E-state index is 0.0682. The van der Waals surface area contributed by atoms with Crippen LogP contribution in [-0.4, -0.2) is 30.3 Å². The fourth-order valence-corrected chi connectivity index (χ4v) is 5.91. The van der Waals surface area contributed by atoms with E-state index < -0.39 is 9.84 Å². The Morgan fingerprint density at radius 2 is 2.21 bits per heavy atom. The fourth-order valence-electron chi connectivity index (χ4n) is 2.45. The lowest BCUT2D eigenvalue weighted by Gasteiger charge is -2.13. The van der Waals surface area contributed by atoms with E-state index in [-0.39, 0.29) is 22.8 Å². The van der Waals surface area contributed by atoms with E-state index in [1.54, 1.807) is 11.3 Å². The van der Waals surface area contributed by atoms with Crippen molar-refractivity contribution in [1.82, 2.24) is 4.98 Å². The van der Waals surface area contributed by atoms with Crippen molar-refractivity contribution in [3.8, 4) is 0 Å².